The highest BCUT2D eigenvalue weighted by atomic mass is 16.1. The molecule has 1 heterocycles. The molecule has 1 aliphatic rings. The van der Waals surface area contributed by atoms with Crippen LogP contribution >= 0.6 is 0 Å². The van der Waals surface area contributed by atoms with Crippen LogP contribution in [-0.2, 0) is 4.79 Å². The highest BCUT2D eigenvalue weighted by Crippen LogP contribution is 2.29. The number of rotatable bonds is 4. The van der Waals surface area contributed by atoms with Crippen LogP contribution in [0, 0.1) is 5.41 Å². The quantitative estimate of drug-likeness (QED) is 0.794. The van der Waals surface area contributed by atoms with E-state index in [9.17, 15) is 4.79 Å². The minimum Gasteiger partial charge on any atom is -0.354 e. The molecule has 2 N–H and O–H groups in total. The van der Waals surface area contributed by atoms with Crippen LogP contribution in [-0.4, -0.2) is 49.6 Å². The molecule has 4 nitrogen and oxygen atoms in total. The largest absolute Gasteiger partial charge is 0.354 e. The SMILES string of the molecule is CN1CCC(C)(CNC(=O)CNC(C)(C)C)CC1. The molecular formula is C14H29N3O. The first kappa shape index (κ1) is 15.4. The molecule has 0 aromatic rings. The second-order valence-electron chi connectivity index (χ2n) is 6.99. The molecule has 1 amide bonds. The Balaban J connectivity index is 2.25. The Hall–Kier alpha value is -0.610. The zero-order chi connectivity index (χ0) is 13.8. The van der Waals surface area contributed by atoms with Crippen LogP contribution in [0.3, 0.4) is 0 Å². The van der Waals surface area contributed by atoms with Gasteiger partial charge in [-0.15, -0.1) is 0 Å². The first-order valence-electron chi connectivity index (χ1n) is 6.91. The number of nitrogens with zero attached hydrogens (tertiary/aromatic N) is 1. The third-order valence-corrected chi connectivity index (χ3v) is 3.69. The van der Waals surface area contributed by atoms with Crippen LogP contribution in [0.15, 0.2) is 0 Å². The van der Waals surface area contributed by atoms with Crippen LogP contribution < -0.4 is 10.6 Å². The zero-order valence-electron chi connectivity index (χ0n) is 12.6. The Bertz CT molecular complexity index is 275. The molecule has 0 spiro atoms. The van der Waals surface area contributed by atoms with E-state index in [1.54, 1.807) is 0 Å². The second-order valence-corrected chi connectivity index (χ2v) is 6.99. The van der Waals surface area contributed by atoms with Crippen LogP contribution in [0.5, 0.6) is 0 Å². The molecule has 0 saturated carbocycles. The van der Waals surface area contributed by atoms with Crippen molar-refractivity contribution in [1.29, 1.82) is 0 Å². The van der Waals surface area contributed by atoms with Gasteiger partial charge in [0.15, 0.2) is 0 Å². The van der Waals surface area contributed by atoms with Crippen molar-refractivity contribution in [3.05, 3.63) is 0 Å². The summed E-state index contributed by atoms with van der Waals surface area (Å²) in [5.74, 6) is 0.102. The predicted octanol–water partition coefficient (Wildman–Crippen LogP) is 1.22. The van der Waals surface area contributed by atoms with Crippen molar-refractivity contribution in [2.75, 3.05) is 33.2 Å². The molecule has 1 aliphatic heterocycles. The Morgan fingerprint density at radius 2 is 1.83 bits per heavy atom. The number of nitrogens with one attached hydrogen (secondary N) is 2. The molecule has 0 atom stereocenters. The molecule has 0 aliphatic carbocycles. The van der Waals surface area contributed by atoms with Gasteiger partial charge in [0.25, 0.3) is 0 Å². The molecule has 0 radical (unpaired) electrons. The number of likely N-dealkylation sites (tertiary alicyclic amines) is 1. The molecule has 0 aromatic carbocycles. The van der Waals surface area contributed by atoms with Crippen molar-refractivity contribution in [3.8, 4) is 0 Å². The van der Waals surface area contributed by atoms with E-state index >= 15 is 0 Å². The summed E-state index contributed by atoms with van der Waals surface area (Å²) >= 11 is 0. The Morgan fingerprint density at radius 1 is 1.28 bits per heavy atom. The number of amides is 1. The van der Waals surface area contributed by atoms with Crippen molar-refractivity contribution in [2.24, 2.45) is 5.41 Å². The number of carbonyl (C=O) groups is 1. The minimum atomic E-state index is -0.00517. The first-order valence-corrected chi connectivity index (χ1v) is 6.91. The highest BCUT2D eigenvalue weighted by Gasteiger charge is 2.29. The Morgan fingerprint density at radius 3 is 2.33 bits per heavy atom. The molecule has 0 aromatic heterocycles. The summed E-state index contributed by atoms with van der Waals surface area (Å²) in [4.78, 5) is 14.1. The molecule has 0 bridgehead atoms. The zero-order valence-corrected chi connectivity index (χ0v) is 12.6. The molecule has 1 rings (SSSR count). The Kier molecular flexibility index (Phi) is 5.17. The average molecular weight is 255 g/mol. The van der Waals surface area contributed by atoms with Crippen molar-refractivity contribution >= 4 is 5.91 Å². The van der Waals surface area contributed by atoms with Crippen molar-refractivity contribution in [3.63, 3.8) is 0 Å². The lowest BCUT2D eigenvalue weighted by Gasteiger charge is -2.38. The van der Waals surface area contributed by atoms with E-state index < -0.39 is 0 Å². The second kappa shape index (κ2) is 6.02. The van der Waals surface area contributed by atoms with Gasteiger partial charge in [0.1, 0.15) is 0 Å². The van der Waals surface area contributed by atoms with Gasteiger partial charge in [-0.2, -0.15) is 0 Å². The van der Waals surface area contributed by atoms with E-state index in [0.29, 0.717) is 6.54 Å². The third kappa shape index (κ3) is 5.83. The average Bonchev–Trinajstić information content (AvgIpc) is 2.27. The van der Waals surface area contributed by atoms with Crippen LogP contribution in [0.25, 0.3) is 0 Å². The monoisotopic (exact) mass is 255 g/mol. The fourth-order valence-corrected chi connectivity index (χ4v) is 2.06. The van der Waals surface area contributed by atoms with Crippen LogP contribution in [0.2, 0.25) is 0 Å². The summed E-state index contributed by atoms with van der Waals surface area (Å²) in [6, 6.07) is 0. The molecule has 106 valence electrons. The van der Waals surface area contributed by atoms with E-state index in [1.807, 2.05) is 0 Å². The van der Waals surface area contributed by atoms with Crippen LogP contribution in [0.1, 0.15) is 40.5 Å². The molecule has 18 heavy (non-hydrogen) atoms. The fraction of sp³-hybridized carbons (Fsp3) is 0.929. The first-order chi connectivity index (χ1) is 8.20. The normalized spacial score (nSPS) is 20.7. The summed E-state index contributed by atoms with van der Waals surface area (Å²) in [6.07, 6.45) is 2.33. The van der Waals surface area contributed by atoms with Crippen molar-refractivity contribution in [2.45, 2.75) is 46.1 Å². The summed E-state index contributed by atoms with van der Waals surface area (Å²) < 4.78 is 0. The topological polar surface area (TPSA) is 44.4 Å². The van der Waals surface area contributed by atoms with E-state index in [-0.39, 0.29) is 16.9 Å². The Labute approximate surface area is 111 Å². The lowest BCUT2D eigenvalue weighted by atomic mass is 9.80. The van der Waals surface area contributed by atoms with Gasteiger partial charge < -0.3 is 15.5 Å². The van der Waals surface area contributed by atoms with E-state index in [4.69, 9.17) is 0 Å². The van der Waals surface area contributed by atoms with Gasteiger partial charge in [-0.1, -0.05) is 6.92 Å². The van der Waals surface area contributed by atoms with Crippen molar-refractivity contribution in [1.82, 2.24) is 15.5 Å². The van der Waals surface area contributed by atoms with Gasteiger partial charge in [-0.3, -0.25) is 4.79 Å². The predicted molar refractivity (Wildman–Crippen MR) is 75.6 cm³/mol. The number of hydrogen-bond donors (Lipinski definition) is 2. The molecule has 1 saturated heterocycles. The van der Waals surface area contributed by atoms with E-state index in [2.05, 4.69) is 50.3 Å². The molecule has 4 heteroatoms. The number of carbonyl (C=O) groups excluding carboxylic acids is 1. The smallest absolute Gasteiger partial charge is 0.233 e. The van der Waals surface area contributed by atoms with Gasteiger partial charge in [-0.05, 0) is 59.2 Å². The summed E-state index contributed by atoms with van der Waals surface area (Å²) in [6.45, 7) is 11.9. The highest BCUT2D eigenvalue weighted by molar-refractivity contribution is 5.78. The van der Waals surface area contributed by atoms with Gasteiger partial charge in [0, 0.05) is 12.1 Å². The fourth-order valence-electron chi connectivity index (χ4n) is 2.06. The summed E-state index contributed by atoms with van der Waals surface area (Å²) in [5, 5.41) is 6.27. The number of hydrogen-bond acceptors (Lipinski definition) is 3. The number of piperidine rings is 1. The van der Waals surface area contributed by atoms with Gasteiger partial charge >= 0.3 is 0 Å². The molecule has 1 fully saturated rings. The maximum atomic E-state index is 11.8. The maximum Gasteiger partial charge on any atom is 0.233 e. The summed E-state index contributed by atoms with van der Waals surface area (Å²) in [5.41, 5.74) is 0.263. The van der Waals surface area contributed by atoms with Crippen molar-refractivity contribution < 1.29 is 4.79 Å². The van der Waals surface area contributed by atoms with E-state index in [1.165, 1.54) is 0 Å². The molecular weight excluding hydrogens is 226 g/mol. The standard InChI is InChI=1S/C14H29N3O/c1-13(2,3)16-10-12(18)15-11-14(4)6-8-17(5)9-7-14/h16H,6-11H2,1-5H3,(H,15,18). The maximum absolute atomic E-state index is 11.8. The van der Waals surface area contributed by atoms with Gasteiger partial charge in [-0.25, -0.2) is 0 Å². The van der Waals surface area contributed by atoms with Gasteiger partial charge in [0.05, 0.1) is 6.54 Å². The van der Waals surface area contributed by atoms with Crippen LogP contribution in [0.4, 0.5) is 0 Å². The minimum absolute atomic E-state index is 0.00517. The third-order valence-electron chi connectivity index (χ3n) is 3.69. The van der Waals surface area contributed by atoms with Gasteiger partial charge in [0.2, 0.25) is 5.91 Å². The lowest BCUT2D eigenvalue weighted by molar-refractivity contribution is -0.121. The molecule has 0 unspecified atom stereocenters. The van der Waals surface area contributed by atoms with E-state index in [0.717, 1.165) is 32.5 Å². The summed E-state index contributed by atoms with van der Waals surface area (Å²) in [7, 11) is 2.16. The lowest BCUT2D eigenvalue weighted by Crippen LogP contribution is -2.47.